The number of aromatic nitrogens is 1. The van der Waals surface area contributed by atoms with Crippen LogP contribution in [-0.2, 0) is 0 Å². The summed E-state index contributed by atoms with van der Waals surface area (Å²) in [6.07, 6.45) is 1.24. The van der Waals surface area contributed by atoms with Crippen molar-refractivity contribution in [3.63, 3.8) is 0 Å². The first kappa shape index (κ1) is 13.0. The lowest BCUT2D eigenvalue weighted by Crippen LogP contribution is -1.96. The van der Waals surface area contributed by atoms with E-state index < -0.39 is 4.92 Å². The van der Waals surface area contributed by atoms with Crippen LogP contribution in [0.4, 0.5) is 17.2 Å². The smallest absolute Gasteiger partial charge is 0.287 e. The van der Waals surface area contributed by atoms with E-state index in [1.54, 1.807) is 6.07 Å². The van der Waals surface area contributed by atoms with Crippen molar-refractivity contribution in [2.24, 2.45) is 0 Å². The van der Waals surface area contributed by atoms with Gasteiger partial charge in [0.15, 0.2) is 0 Å². The third-order valence-electron chi connectivity index (χ3n) is 2.78. The molecule has 0 aliphatic heterocycles. The summed E-state index contributed by atoms with van der Waals surface area (Å²) in [5.41, 5.74) is 2.14. The molecule has 0 spiro atoms. The van der Waals surface area contributed by atoms with Crippen molar-refractivity contribution in [1.82, 2.24) is 4.98 Å². The van der Waals surface area contributed by atoms with Gasteiger partial charge in [-0.05, 0) is 29.7 Å². The maximum absolute atomic E-state index is 10.5. The molecule has 1 heterocycles. The van der Waals surface area contributed by atoms with Crippen LogP contribution >= 0.6 is 0 Å². The summed E-state index contributed by atoms with van der Waals surface area (Å²) in [5.74, 6) is 1.04. The van der Waals surface area contributed by atoms with Crippen LogP contribution in [-0.4, -0.2) is 9.91 Å². The molecule has 5 heteroatoms. The highest BCUT2D eigenvalue weighted by atomic mass is 16.6. The van der Waals surface area contributed by atoms with Crippen molar-refractivity contribution in [1.29, 1.82) is 0 Å². The Balaban J connectivity index is 2.16. The molecular weight excluding hydrogens is 242 g/mol. The molecule has 0 radical (unpaired) electrons. The predicted octanol–water partition coefficient (Wildman–Crippen LogP) is 3.86. The highest BCUT2D eigenvalue weighted by Crippen LogP contribution is 2.21. The zero-order valence-corrected chi connectivity index (χ0v) is 10.8. The Kier molecular flexibility index (Phi) is 3.75. The summed E-state index contributed by atoms with van der Waals surface area (Å²) in [6.45, 7) is 4.26. The standard InChI is InChI=1S/C14H15N3O2/c1-10(2)11-4-3-5-12(8-11)16-14-7-6-13(9-15-14)17(18)19/h3-10H,1-2H3,(H,15,16). The van der Waals surface area contributed by atoms with E-state index in [0.717, 1.165) is 5.69 Å². The molecule has 0 saturated heterocycles. The number of anilines is 2. The quantitative estimate of drug-likeness (QED) is 0.667. The number of hydrogen-bond donors (Lipinski definition) is 1. The Morgan fingerprint density at radius 2 is 2.05 bits per heavy atom. The van der Waals surface area contributed by atoms with Gasteiger partial charge in [-0.1, -0.05) is 26.0 Å². The Morgan fingerprint density at radius 3 is 2.63 bits per heavy atom. The maximum atomic E-state index is 10.5. The van der Waals surface area contributed by atoms with Crippen LogP contribution in [0.5, 0.6) is 0 Å². The first-order chi connectivity index (χ1) is 9.06. The molecule has 0 aliphatic rings. The Hall–Kier alpha value is -2.43. The zero-order valence-electron chi connectivity index (χ0n) is 10.8. The van der Waals surface area contributed by atoms with E-state index >= 15 is 0 Å². The van der Waals surface area contributed by atoms with Crippen molar-refractivity contribution in [2.75, 3.05) is 5.32 Å². The number of nitrogens with one attached hydrogen (secondary N) is 1. The summed E-state index contributed by atoms with van der Waals surface area (Å²) in [5, 5.41) is 13.7. The fourth-order valence-electron chi connectivity index (χ4n) is 1.69. The van der Waals surface area contributed by atoms with Crippen LogP contribution in [0.2, 0.25) is 0 Å². The van der Waals surface area contributed by atoms with E-state index in [4.69, 9.17) is 0 Å². The lowest BCUT2D eigenvalue weighted by molar-refractivity contribution is -0.385. The van der Waals surface area contributed by atoms with Crippen molar-refractivity contribution >= 4 is 17.2 Å². The van der Waals surface area contributed by atoms with Gasteiger partial charge >= 0.3 is 0 Å². The molecule has 2 aromatic rings. The molecule has 0 fully saturated rings. The molecule has 0 saturated carbocycles. The average Bonchev–Trinajstić information content (AvgIpc) is 2.39. The van der Waals surface area contributed by atoms with E-state index in [1.807, 2.05) is 18.2 Å². The molecule has 1 N–H and O–H groups in total. The fourth-order valence-corrected chi connectivity index (χ4v) is 1.69. The lowest BCUT2D eigenvalue weighted by Gasteiger charge is -2.09. The van der Waals surface area contributed by atoms with Gasteiger partial charge in [-0.25, -0.2) is 4.98 Å². The zero-order chi connectivity index (χ0) is 13.8. The Labute approximate surface area is 111 Å². The monoisotopic (exact) mass is 257 g/mol. The minimum atomic E-state index is -0.462. The predicted molar refractivity (Wildman–Crippen MR) is 74.7 cm³/mol. The van der Waals surface area contributed by atoms with Gasteiger partial charge in [0.1, 0.15) is 12.0 Å². The van der Waals surface area contributed by atoms with Gasteiger partial charge in [0.25, 0.3) is 5.69 Å². The van der Waals surface area contributed by atoms with E-state index in [0.29, 0.717) is 11.7 Å². The highest BCUT2D eigenvalue weighted by Gasteiger charge is 2.06. The van der Waals surface area contributed by atoms with Crippen LogP contribution in [0.1, 0.15) is 25.3 Å². The van der Waals surface area contributed by atoms with Gasteiger partial charge < -0.3 is 5.32 Å². The molecule has 1 aromatic heterocycles. The third kappa shape index (κ3) is 3.28. The van der Waals surface area contributed by atoms with E-state index in [1.165, 1.54) is 17.8 Å². The Morgan fingerprint density at radius 1 is 1.26 bits per heavy atom. The second-order valence-corrected chi connectivity index (χ2v) is 4.56. The van der Waals surface area contributed by atoms with Crippen molar-refractivity contribution < 1.29 is 4.92 Å². The third-order valence-corrected chi connectivity index (χ3v) is 2.78. The van der Waals surface area contributed by atoms with E-state index in [-0.39, 0.29) is 5.69 Å². The van der Waals surface area contributed by atoms with Crippen LogP contribution in [0.3, 0.4) is 0 Å². The van der Waals surface area contributed by atoms with Crippen LogP contribution in [0.15, 0.2) is 42.6 Å². The topological polar surface area (TPSA) is 68.1 Å². The molecule has 0 atom stereocenters. The number of nitrogens with zero attached hydrogens (tertiary/aromatic N) is 2. The summed E-state index contributed by atoms with van der Waals surface area (Å²) in [4.78, 5) is 14.1. The molecule has 2 rings (SSSR count). The molecule has 19 heavy (non-hydrogen) atoms. The minimum absolute atomic E-state index is 0.0125. The van der Waals surface area contributed by atoms with Crippen LogP contribution in [0.25, 0.3) is 0 Å². The lowest BCUT2D eigenvalue weighted by atomic mass is 10.0. The van der Waals surface area contributed by atoms with Gasteiger partial charge in [-0.15, -0.1) is 0 Å². The number of nitro groups is 1. The highest BCUT2D eigenvalue weighted by molar-refractivity contribution is 5.57. The van der Waals surface area contributed by atoms with Gasteiger partial charge in [-0.3, -0.25) is 10.1 Å². The normalized spacial score (nSPS) is 10.5. The second kappa shape index (κ2) is 5.48. The number of pyridine rings is 1. The fraction of sp³-hybridized carbons (Fsp3) is 0.214. The van der Waals surface area contributed by atoms with Gasteiger partial charge in [0.2, 0.25) is 0 Å². The first-order valence-corrected chi connectivity index (χ1v) is 6.03. The number of rotatable bonds is 4. The summed E-state index contributed by atoms with van der Waals surface area (Å²) < 4.78 is 0. The van der Waals surface area contributed by atoms with Crippen molar-refractivity contribution in [2.45, 2.75) is 19.8 Å². The van der Waals surface area contributed by atoms with E-state index in [9.17, 15) is 10.1 Å². The average molecular weight is 257 g/mol. The van der Waals surface area contributed by atoms with Crippen LogP contribution in [0, 0.1) is 10.1 Å². The van der Waals surface area contributed by atoms with Crippen LogP contribution < -0.4 is 5.32 Å². The van der Waals surface area contributed by atoms with Gasteiger partial charge in [-0.2, -0.15) is 0 Å². The van der Waals surface area contributed by atoms with E-state index in [2.05, 4.69) is 30.2 Å². The summed E-state index contributed by atoms with van der Waals surface area (Å²) in [6, 6.07) is 11.1. The Bertz CT molecular complexity index is 579. The first-order valence-electron chi connectivity index (χ1n) is 6.03. The summed E-state index contributed by atoms with van der Waals surface area (Å²) >= 11 is 0. The maximum Gasteiger partial charge on any atom is 0.287 e. The van der Waals surface area contributed by atoms with Gasteiger partial charge in [0.05, 0.1) is 4.92 Å². The van der Waals surface area contributed by atoms with Crippen molar-refractivity contribution in [3.8, 4) is 0 Å². The van der Waals surface area contributed by atoms with Gasteiger partial charge in [0, 0.05) is 11.8 Å². The molecule has 0 unspecified atom stereocenters. The molecular formula is C14H15N3O2. The molecule has 0 amide bonds. The largest absolute Gasteiger partial charge is 0.340 e. The molecule has 1 aromatic carbocycles. The number of hydrogen-bond acceptors (Lipinski definition) is 4. The molecule has 0 bridgehead atoms. The number of benzene rings is 1. The second-order valence-electron chi connectivity index (χ2n) is 4.56. The molecule has 0 aliphatic carbocycles. The molecule has 5 nitrogen and oxygen atoms in total. The summed E-state index contributed by atoms with van der Waals surface area (Å²) in [7, 11) is 0. The van der Waals surface area contributed by atoms with Crippen molar-refractivity contribution in [3.05, 3.63) is 58.3 Å². The molecule has 98 valence electrons. The minimum Gasteiger partial charge on any atom is -0.340 e. The SMILES string of the molecule is CC(C)c1cccc(Nc2ccc([N+](=O)[O-])cn2)c1.